The highest BCUT2D eigenvalue weighted by atomic mass is 31.2. The van der Waals surface area contributed by atoms with Crippen molar-refractivity contribution in [3.05, 3.63) is 0 Å². The molecule has 0 aromatic carbocycles. The Morgan fingerprint density at radius 1 is 1.44 bits per heavy atom. The van der Waals surface area contributed by atoms with E-state index in [1.807, 2.05) is 0 Å². The van der Waals surface area contributed by atoms with E-state index < -0.39 is 13.7 Å². The molecule has 9 heavy (non-hydrogen) atoms. The maximum atomic E-state index is 8.64. The van der Waals surface area contributed by atoms with Crippen molar-refractivity contribution in [2.75, 3.05) is 7.05 Å². The van der Waals surface area contributed by atoms with Crippen LogP contribution in [0.1, 0.15) is 13.3 Å². The molecule has 0 saturated carbocycles. The van der Waals surface area contributed by atoms with Gasteiger partial charge in [-0.15, -0.1) is 0 Å². The maximum absolute atomic E-state index is 8.64. The Labute approximate surface area is 55.1 Å². The van der Waals surface area contributed by atoms with E-state index in [-0.39, 0.29) is 0 Å². The molecule has 0 radical (unpaired) electrons. The van der Waals surface area contributed by atoms with E-state index in [1.54, 1.807) is 14.0 Å². The van der Waals surface area contributed by atoms with Gasteiger partial charge in [0.05, 0.1) is 0 Å². The van der Waals surface area contributed by atoms with Gasteiger partial charge in [0, 0.05) is 6.42 Å². The molecule has 0 heterocycles. The number of hydrogen-bond donors (Lipinski definition) is 4. The summed E-state index contributed by atoms with van der Waals surface area (Å²) in [7, 11) is -2.06. The molecule has 0 aliphatic carbocycles. The van der Waals surface area contributed by atoms with Crippen LogP contribution in [-0.4, -0.2) is 27.5 Å². The Balaban J connectivity index is 3.79. The van der Waals surface area contributed by atoms with Crippen LogP contribution in [0, 0.1) is 0 Å². The lowest BCUT2D eigenvalue weighted by atomic mass is 10.5. The largest absolute Gasteiger partial charge is 0.422 e. The van der Waals surface area contributed by atoms with Crippen LogP contribution in [0.4, 0.5) is 0 Å². The van der Waals surface area contributed by atoms with Crippen LogP contribution in [0.3, 0.4) is 0 Å². The zero-order valence-corrected chi connectivity index (χ0v) is 6.47. The quantitative estimate of drug-likeness (QED) is 0.420. The molecule has 0 saturated heterocycles. The minimum absolute atomic E-state index is 0.508. The SMILES string of the molecule is CCC(NC)[P+](O)(O)O. The zero-order chi connectivity index (χ0) is 7.49. The van der Waals surface area contributed by atoms with Gasteiger partial charge in [-0.2, -0.15) is 14.7 Å². The Hall–Kier alpha value is 0.270. The van der Waals surface area contributed by atoms with E-state index in [4.69, 9.17) is 14.7 Å². The molecular formula is C4H13NO3P+. The van der Waals surface area contributed by atoms with Gasteiger partial charge in [0.25, 0.3) is 0 Å². The van der Waals surface area contributed by atoms with Gasteiger partial charge in [-0.25, -0.2) is 0 Å². The maximum Gasteiger partial charge on any atom is 0.422 e. The van der Waals surface area contributed by atoms with Gasteiger partial charge in [-0.1, -0.05) is 6.92 Å². The van der Waals surface area contributed by atoms with Crippen molar-refractivity contribution in [1.29, 1.82) is 0 Å². The van der Waals surface area contributed by atoms with Crippen molar-refractivity contribution < 1.29 is 14.7 Å². The number of hydrogen-bond acceptors (Lipinski definition) is 4. The first kappa shape index (κ1) is 9.27. The number of nitrogens with one attached hydrogen (secondary N) is 1. The summed E-state index contributed by atoms with van der Waals surface area (Å²) in [6, 6.07) is 0. The highest BCUT2D eigenvalue weighted by Crippen LogP contribution is 2.49. The summed E-state index contributed by atoms with van der Waals surface area (Å²) < 4.78 is 0. The van der Waals surface area contributed by atoms with Crippen molar-refractivity contribution in [2.24, 2.45) is 0 Å². The summed E-state index contributed by atoms with van der Waals surface area (Å²) in [5.74, 6) is -0.572. The monoisotopic (exact) mass is 154 g/mol. The zero-order valence-electron chi connectivity index (χ0n) is 5.57. The first-order valence-corrected chi connectivity index (χ1v) is 4.48. The highest BCUT2D eigenvalue weighted by molar-refractivity contribution is 7.59. The minimum atomic E-state index is -3.64. The molecule has 0 aliphatic rings. The lowest BCUT2D eigenvalue weighted by Gasteiger charge is -2.13. The van der Waals surface area contributed by atoms with Crippen molar-refractivity contribution >= 4 is 7.94 Å². The average Bonchev–Trinajstić information content (AvgIpc) is 1.65. The van der Waals surface area contributed by atoms with Crippen LogP contribution in [0.15, 0.2) is 0 Å². The third kappa shape index (κ3) is 3.08. The molecule has 0 aromatic heterocycles. The van der Waals surface area contributed by atoms with Crippen LogP contribution in [0.2, 0.25) is 0 Å². The lowest BCUT2D eigenvalue weighted by Crippen LogP contribution is -2.26. The van der Waals surface area contributed by atoms with E-state index in [0.717, 1.165) is 0 Å². The second kappa shape index (κ2) is 3.44. The highest BCUT2D eigenvalue weighted by Gasteiger charge is 2.39. The Morgan fingerprint density at radius 3 is 1.89 bits per heavy atom. The summed E-state index contributed by atoms with van der Waals surface area (Å²) in [4.78, 5) is 25.9. The fourth-order valence-electron chi connectivity index (χ4n) is 0.622. The fourth-order valence-corrected chi connectivity index (χ4v) is 1.46. The van der Waals surface area contributed by atoms with Crippen molar-refractivity contribution in [3.8, 4) is 0 Å². The fraction of sp³-hybridized carbons (Fsp3) is 1.00. The lowest BCUT2D eigenvalue weighted by molar-refractivity contribution is 0.305. The average molecular weight is 154 g/mol. The second-order valence-electron chi connectivity index (χ2n) is 1.83. The van der Waals surface area contributed by atoms with Crippen molar-refractivity contribution in [2.45, 2.75) is 19.1 Å². The second-order valence-corrected chi connectivity index (χ2v) is 3.68. The topological polar surface area (TPSA) is 72.7 Å². The Bertz CT molecular complexity index is 78.4. The molecule has 1 unspecified atom stereocenters. The molecule has 4 N–H and O–H groups in total. The summed E-state index contributed by atoms with van der Waals surface area (Å²) in [6.45, 7) is 1.76. The van der Waals surface area contributed by atoms with Gasteiger partial charge in [0.1, 0.15) is 0 Å². The number of rotatable bonds is 3. The van der Waals surface area contributed by atoms with Crippen LogP contribution < -0.4 is 5.32 Å². The standard InChI is InChI=1S/C4H13NO3P/c1-3-4(5-2)9(6,7)8/h4-8H,3H2,1-2H3/q+1. The van der Waals surface area contributed by atoms with E-state index in [9.17, 15) is 0 Å². The van der Waals surface area contributed by atoms with Gasteiger partial charge < -0.3 is 0 Å². The third-order valence-corrected chi connectivity index (χ3v) is 2.60. The van der Waals surface area contributed by atoms with Crippen LogP contribution in [0.25, 0.3) is 0 Å². The van der Waals surface area contributed by atoms with Gasteiger partial charge in [-0.05, 0) is 7.05 Å². The molecule has 0 aliphatic heterocycles. The van der Waals surface area contributed by atoms with Gasteiger partial charge in [-0.3, -0.25) is 5.32 Å². The predicted molar refractivity (Wildman–Crippen MR) is 36.7 cm³/mol. The molecule has 0 bridgehead atoms. The molecule has 0 amide bonds. The van der Waals surface area contributed by atoms with Gasteiger partial charge in [0.15, 0.2) is 0 Å². The summed E-state index contributed by atoms with van der Waals surface area (Å²) in [5, 5.41) is 2.59. The molecule has 0 fully saturated rings. The van der Waals surface area contributed by atoms with Gasteiger partial charge in [0.2, 0.25) is 5.78 Å². The summed E-state index contributed by atoms with van der Waals surface area (Å²) in [5.41, 5.74) is 0. The van der Waals surface area contributed by atoms with E-state index in [0.29, 0.717) is 6.42 Å². The molecule has 4 nitrogen and oxygen atoms in total. The minimum Gasteiger partial charge on any atom is -0.279 e. The van der Waals surface area contributed by atoms with Crippen molar-refractivity contribution in [1.82, 2.24) is 5.32 Å². The van der Waals surface area contributed by atoms with Crippen LogP contribution in [-0.2, 0) is 0 Å². The van der Waals surface area contributed by atoms with Crippen molar-refractivity contribution in [3.63, 3.8) is 0 Å². The van der Waals surface area contributed by atoms with E-state index in [2.05, 4.69) is 5.32 Å². The van der Waals surface area contributed by atoms with Crippen LogP contribution >= 0.6 is 7.94 Å². The normalized spacial score (nSPS) is 15.7. The van der Waals surface area contributed by atoms with E-state index in [1.165, 1.54) is 0 Å². The Kier molecular flexibility index (Phi) is 3.54. The van der Waals surface area contributed by atoms with E-state index >= 15 is 0 Å². The molecular weight excluding hydrogens is 141 g/mol. The smallest absolute Gasteiger partial charge is 0.279 e. The van der Waals surface area contributed by atoms with Gasteiger partial charge >= 0.3 is 7.94 Å². The summed E-state index contributed by atoms with van der Waals surface area (Å²) >= 11 is 0. The molecule has 5 heteroatoms. The summed E-state index contributed by atoms with van der Waals surface area (Å²) in [6.07, 6.45) is 0.508. The molecule has 0 spiro atoms. The third-order valence-electron chi connectivity index (χ3n) is 1.14. The molecule has 56 valence electrons. The predicted octanol–water partition coefficient (Wildman–Crippen LogP) is -0.319. The Morgan fingerprint density at radius 2 is 1.89 bits per heavy atom. The first-order chi connectivity index (χ1) is 4.02. The van der Waals surface area contributed by atoms with Crippen LogP contribution in [0.5, 0.6) is 0 Å². The molecule has 0 rings (SSSR count). The molecule has 0 aromatic rings. The first-order valence-electron chi connectivity index (χ1n) is 2.76. The molecule has 1 atom stereocenters.